The van der Waals surface area contributed by atoms with Crippen LogP contribution in [0, 0.1) is 0 Å². The molecule has 0 aromatic heterocycles. The fourth-order valence-corrected chi connectivity index (χ4v) is 2.17. The normalized spacial score (nSPS) is 16.9. The largest absolute Gasteiger partial charge is 0.347 e. The maximum absolute atomic E-state index is 12.0. The minimum atomic E-state index is -0.871. The first-order valence-corrected chi connectivity index (χ1v) is 6.58. The molecule has 0 aliphatic carbocycles. The van der Waals surface area contributed by atoms with E-state index in [2.05, 4.69) is 6.58 Å². The van der Waals surface area contributed by atoms with E-state index in [1.807, 2.05) is 0 Å². The highest BCUT2D eigenvalue weighted by atomic mass is 16.7. The van der Waals surface area contributed by atoms with Crippen molar-refractivity contribution in [3.63, 3.8) is 0 Å². The van der Waals surface area contributed by atoms with Crippen molar-refractivity contribution in [2.24, 2.45) is 0 Å². The van der Waals surface area contributed by atoms with Gasteiger partial charge in [0.05, 0.1) is 26.1 Å². The fraction of sp³-hybridized carbons (Fsp3) is 0.375. The van der Waals surface area contributed by atoms with Crippen molar-refractivity contribution in [1.82, 2.24) is 0 Å². The molecule has 0 unspecified atom stereocenters. The van der Waals surface area contributed by atoms with Gasteiger partial charge in [0.2, 0.25) is 0 Å². The second-order valence-corrected chi connectivity index (χ2v) is 4.97. The molecule has 4 heteroatoms. The molecule has 106 valence electrons. The Kier molecular flexibility index (Phi) is 4.47. The predicted octanol–water partition coefficient (Wildman–Crippen LogP) is 2.62. The molecule has 0 spiro atoms. The minimum absolute atomic E-state index is 0.101. The first-order chi connectivity index (χ1) is 9.52. The monoisotopic (exact) mass is 274 g/mol. The Morgan fingerprint density at radius 3 is 2.40 bits per heavy atom. The van der Waals surface area contributed by atoms with Crippen molar-refractivity contribution < 1.29 is 19.1 Å². The topological polar surface area (TPSA) is 52.6 Å². The summed E-state index contributed by atoms with van der Waals surface area (Å²) in [7, 11) is 0. The van der Waals surface area contributed by atoms with Crippen LogP contribution in [0.3, 0.4) is 0 Å². The van der Waals surface area contributed by atoms with Crippen molar-refractivity contribution in [1.29, 1.82) is 0 Å². The molecule has 1 aliphatic rings. The minimum Gasteiger partial charge on any atom is -0.347 e. The number of carbonyl (C=O) groups excluding carboxylic acids is 2. The van der Waals surface area contributed by atoms with Crippen molar-refractivity contribution in [2.75, 3.05) is 13.2 Å². The van der Waals surface area contributed by atoms with Gasteiger partial charge in [-0.1, -0.05) is 36.9 Å². The van der Waals surface area contributed by atoms with Gasteiger partial charge in [0.25, 0.3) is 0 Å². The highest BCUT2D eigenvalue weighted by Crippen LogP contribution is 2.23. The van der Waals surface area contributed by atoms with Gasteiger partial charge in [-0.3, -0.25) is 9.59 Å². The summed E-state index contributed by atoms with van der Waals surface area (Å²) in [5.74, 6) is -1.23. The van der Waals surface area contributed by atoms with Crippen molar-refractivity contribution in [3.8, 4) is 0 Å². The molecule has 2 rings (SSSR count). The average Bonchev–Trinajstić information content (AvgIpc) is 2.84. The Labute approximate surface area is 118 Å². The van der Waals surface area contributed by atoms with E-state index < -0.39 is 5.79 Å². The summed E-state index contributed by atoms with van der Waals surface area (Å²) in [6, 6.07) is 7.01. The Hall–Kier alpha value is -1.78. The highest BCUT2D eigenvalue weighted by Gasteiger charge is 2.33. The lowest BCUT2D eigenvalue weighted by molar-refractivity contribution is -0.157. The van der Waals surface area contributed by atoms with E-state index in [1.54, 1.807) is 37.3 Å². The molecule has 0 bridgehead atoms. The van der Waals surface area contributed by atoms with E-state index in [4.69, 9.17) is 9.47 Å². The maximum Gasteiger partial charge on any atom is 0.172 e. The van der Waals surface area contributed by atoms with Gasteiger partial charge in [-0.05, 0) is 12.5 Å². The van der Waals surface area contributed by atoms with Gasteiger partial charge in [0.1, 0.15) is 5.78 Å². The zero-order valence-electron chi connectivity index (χ0n) is 11.6. The van der Waals surface area contributed by atoms with Crippen LogP contribution in [0.2, 0.25) is 0 Å². The lowest BCUT2D eigenvalue weighted by Crippen LogP contribution is -2.29. The first kappa shape index (κ1) is 14.6. The molecule has 0 N–H and O–H groups in total. The van der Waals surface area contributed by atoms with Crippen LogP contribution < -0.4 is 0 Å². The first-order valence-electron chi connectivity index (χ1n) is 6.58. The van der Waals surface area contributed by atoms with E-state index in [9.17, 15) is 9.59 Å². The van der Waals surface area contributed by atoms with Crippen molar-refractivity contribution in [3.05, 3.63) is 42.0 Å². The second-order valence-electron chi connectivity index (χ2n) is 4.97. The second kappa shape index (κ2) is 6.11. The summed E-state index contributed by atoms with van der Waals surface area (Å²) >= 11 is 0. The van der Waals surface area contributed by atoms with E-state index in [1.165, 1.54) is 0 Å². The number of ketones is 2. The molecule has 4 nitrogen and oxygen atoms in total. The van der Waals surface area contributed by atoms with Gasteiger partial charge >= 0.3 is 0 Å². The molecule has 1 aliphatic heterocycles. The van der Waals surface area contributed by atoms with Crippen LogP contribution in [0.25, 0.3) is 6.08 Å². The molecule has 20 heavy (non-hydrogen) atoms. The number of Topliss-reactive ketones (excluding diaryl/α,β-unsaturated/α-hetero) is 2. The standard InChI is InChI=1S/C16H18O4/c1-3-12-4-6-13(7-5-12)15(18)10-14(17)11-16(2)19-8-9-20-16/h3-7H,1,8-11H2,2H3. The zero-order chi connectivity index (χ0) is 14.6. The quantitative estimate of drug-likeness (QED) is 0.591. The maximum atomic E-state index is 12.0. The molecule has 0 radical (unpaired) electrons. The van der Waals surface area contributed by atoms with Gasteiger partial charge in [-0.25, -0.2) is 0 Å². The van der Waals surface area contributed by atoms with E-state index in [0.29, 0.717) is 18.8 Å². The smallest absolute Gasteiger partial charge is 0.172 e. The molecule has 1 aromatic carbocycles. The summed E-state index contributed by atoms with van der Waals surface area (Å²) in [6.07, 6.45) is 1.67. The van der Waals surface area contributed by atoms with Crippen LogP contribution in [0.1, 0.15) is 35.7 Å². The van der Waals surface area contributed by atoms with Gasteiger partial charge in [0.15, 0.2) is 11.6 Å². The van der Waals surface area contributed by atoms with Crippen molar-refractivity contribution >= 4 is 17.6 Å². The molecule has 1 saturated heterocycles. The molecule has 0 saturated carbocycles. The van der Waals surface area contributed by atoms with Crippen molar-refractivity contribution in [2.45, 2.75) is 25.6 Å². The summed E-state index contributed by atoms with van der Waals surface area (Å²) in [5.41, 5.74) is 1.47. The third kappa shape index (κ3) is 3.62. The van der Waals surface area contributed by atoms with Gasteiger partial charge in [-0.15, -0.1) is 0 Å². The van der Waals surface area contributed by atoms with Gasteiger partial charge < -0.3 is 9.47 Å². The SMILES string of the molecule is C=Cc1ccc(C(=O)CC(=O)CC2(C)OCCO2)cc1. The highest BCUT2D eigenvalue weighted by molar-refractivity contribution is 6.08. The van der Waals surface area contributed by atoms with Crippen LogP contribution in [-0.4, -0.2) is 30.6 Å². The summed E-state index contributed by atoms with van der Waals surface area (Å²) in [4.78, 5) is 23.9. The molecule has 1 fully saturated rings. The van der Waals surface area contributed by atoms with Crippen LogP contribution in [0.5, 0.6) is 0 Å². The summed E-state index contributed by atoms with van der Waals surface area (Å²) in [5, 5.41) is 0. The fourth-order valence-electron chi connectivity index (χ4n) is 2.17. The summed E-state index contributed by atoms with van der Waals surface area (Å²) in [6.45, 7) is 6.35. The number of benzene rings is 1. The molecule has 0 atom stereocenters. The third-order valence-electron chi connectivity index (χ3n) is 3.24. The number of ether oxygens (including phenoxy) is 2. The number of hydrogen-bond donors (Lipinski definition) is 0. The molecule has 1 aromatic rings. The molecular weight excluding hydrogens is 256 g/mol. The Morgan fingerprint density at radius 1 is 1.25 bits per heavy atom. The Morgan fingerprint density at radius 2 is 1.85 bits per heavy atom. The molecule has 0 amide bonds. The van der Waals surface area contributed by atoms with Gasteiger partial charge in [-0.2, -0.15) is 0 Å². The zero-order valence-corrected chi connectivity index (χ0v) is 11.6. The predicted molar refractivity (Wildman–Crippen MR) is 75.4 cm³/mol. The lowest BCUT2D eigenvalue weighted by atomic mass is 10.0. The van der Waals surface area contributed by atoms with Crippen LogP contribution >= 0.6 is 0 Å². The van der Waals surface area contributed by atoms with E-state index in [0.717, 1.165) is 5.56 Å². The third-order valence-corrected chi connectivity index (χ3v) is 3.24. The summed E-state index contributed by atoms with van der Waals surface area (Å²) < 4.78 is 10.7. The molecular formula is C16H18O4. The number of hydrogen-bond acceptors (Lipinski definition) is 4. The number of rotatable bonds is 6. The molecule has 1 heterocycles. The Balaban J connectivity index is 1.93. The van der Waals surface area contributed by atoms with Crippen LogP contribution in [0.4, 0.5) is 0 Å². The van der Waals surface area contributed by atoms with E-state index >= 15 is 0 Å². The average molecular weight is 274 g/mol. The van der Waals surface area contributed by atoms with Crippen LogP contribution in [0.15, 0.2) is 30.8 Å². The van der Waals surface area contributed by atoms with E-state index in [-0.39, 0.29) is 24.4 Å². The number of carbonyl (C=O) groups is 2. The lowest BCUT2D eigenvalue weighted by Gasteiger charge is -2.20. The van der Waals surface area contributed by atoms with Crippen LogP contribution in [-0.2, 0) is 14.3 Å². The van der Waals surface area contributed by atoms with Gasteiger partial charge in [0, 0.05) is 5.56 Å². The Bertz CT molecular complexity index is 510.